The first-order valence-electron chi connectivity index (χ1n) is 10.3. The van der Waals surface area contributed by atoms with Gasteiger partial charge in [0.1, 0.15) is 23.0 Å². The minimum Gasteiger partial charge on any atom is -0.507 e. The molecule has 4 rings (SSSR count). The van der Waals surface area contributed by atoms with Gasteiger partial charge in [-0.15, -0.1) is 0 Å². The molecule has 0 aliphatic heterocycles. The van der Waals surface area contributed by atoms with Gasteiger partial charge in [0.2, 0.25) is 0 Å². The number of halogens is 8. The highest BCUT2D eigenvalue weighted by Crippen LogP contribution is 2.47. The maximum Gasteiger partial charge on any atom is 0.416 e. The number of alkyl halides is 6. The van der Waals surface area contributed by atoms with Gasteiger partial charge in [-0.1, -0.05) is 47.5 Å². The number of rotatable bonds is 4. The molecule has 3 nitrogen and oxygen atoms in total. The first kappa shape index (κ1) is 26.5. The average Bonchev–Trinajstić information content (AvgIpc) is 2.82. The highest BCUT2D eigenvalue weighted by atomic mass is 35.5. The van der Waals surface area contributed by atoms with Gasteiger partial charge in [-0.3, -0.25) is 0 Å². The smallest absolute Gasteiger partial charge is 0.416 e. The van der Waals surface area contributed by atoms with Crippen molar-refractivity contribution in [3.63, 3.8) is 0 Å². The third-order valence-electron chi connectivity index (χ3n) is 5.39. The minimum absolute atomic E-state index is 0.00533. The molecular weight excluding hydrogens is 545 g/mol. The standard InChI is InChI=1S/C26H14Cl2F6O3/c27-23-19(11-9-17(35)21(23)13-1-5-15(6-2-13)25(29,30)31)37-20-12-10-18(36)22(24(20)28)14-3-7-16(8-4-14)26(32,33)34/h1-12,35-36H. The Kier molecular flexibility index (Phi) is 6.96. The second-order valence-electron chi connectivity index (χ2n) is 7.80. The van der Waals surface area contributed by atoms with Crippen molar-refractivity contribution >= 4 is 23.2 Å². The van der Waals surface area contributed by atoms with E-state index in [9.17, 15) is 36.6 Å². The van der Waals surface area contributed by atoms with Gasteiger partial charge in [-0.25, -0.2) is 0 Å². The second kappa shape index (κ2) is 9.72. The summed E-state index contributed by atoms with van der Waals surface area (Å²) in [7, 11) is 0. The van der Waals surface area contributed by atoms with Crippen LogP contribution in [0.5, 0.6) is 23.0 Å². The fraction of sp³-hybridized carbons (Fsp3) is 0.0769. The van der Waals surface area contributed by atoms with Crippen LogP contribution in [0.4, 0.5) is 26.3 Å². The molecule has 4 aromatic rings. The number of ether oxygens (including phenoxy) is 1. The van der Waals surface area contributed by atoms with E-state index >= 15 is 0 Å². The van der Waals surface area contributed by atoms with Gasteiger partial charge in [-0.2, -0.15) is 26.3 Å². The lowest BCUT2D eigenvalue weighted by atomic mass is 10.0. The molecule has 0 aliphatic rings. The van der Waals surface area contributed by atoms with E-state index in [-0.39, 0.29) is 55.3 Å². The van der Waals surface area contributed by atoms with Crippen LogP contribution in [0, 0.1) is 0 Å². The number of hydrogen-bond donors (Lipinski definition) is 2. The van der Waals surface area contributed by atoms with Crippen LogP contribution in [-0.2, 0) is 12.4 Å². The van der Waals surface area contributed by atoms with Gasteiger partial charge in [0.25, 0.3) is 0 Å². The molecule has 192 valence electrons. The summed E-state index contributed by atoms with van der Waals surface area (Å²) in [5.74, 6) is -0.695. The molecular formula is C26H14Cl2F6O3. The molecule has 0 saturated heterocycles. The van der Waals surface area contributed by atoms with Crippen LogP contribution in [0.2, 0.25) is 10.0 Å². The number of aromatic hydroxyl groups is 2. The largest absolute Gasteiger partial charge is 0.507 e. The van der Waals surface area contributed by atoms with E-state index in [1.807, 2.05) is 0 Å². The molecule has 0 bridgehead atoms. The Balaban J connectivity index is 1.71. The van der Waals surface area contributed by atoms with Gasteiger partial charge < -0.3 is 14.9 Å². The Hall–Kier alpha value is -3.56. The Labute approximate surface area is 216 Å². The zero-order chi connectivity index (χ0) is 27.1. The van der Waals surface area contributed by atoms with Crippen molar-refractivity contribution in [2.24, 2.45) is 0 Å². The van der Waals surface area contributed by atoms with Crippen LogP contribution in [0.3, 0.4) is 0 Å². The third kappa shape index (κ3) is 5.42. The number of hydrogen-bond acceptors (Lipinski definition) is 3. The molecule has 0 aliphatic carbocycles. The van der Waals surface area contributed by atoms with Crippen LogP contribution in [0.15, 0.2) is 72.8 Å². The van der Waals surface area contributed by atoms with E-state index in [1.165, 1.54) is 24.3 Å². The number of benzene rings is 4. The molecule has 0 unspecified atom stereocenters. The molecule has 0 amide bonds. The maximum atomic E-state index is 12.9. The van der Waals surface area contributed by atoms with Gasteiger partial charge in [0.15, 0.2) is 0 Å². The van der Waals surface area contributed by atoms with Crippen LogP contribution < -0.4 is 4.74 Å². The van der Waals surface area contributed by atoms with Crippen LogP contribution in [-0.4, -0.2) is 10.2 Å². The average molecular weight is 559 g/mol. The predicted octanol–water partition coefficient (Wildman–Crippen LogP) is 9.57. The van der Waals surface area contributed by atoms with Gasteiger partial charge >= 0.3 is 12.4 Å². The molecule has 0 atom stereocenters. The van der Waals surface area contributed by atoms with Crippen molar-refractivity contribution < 1.29 is 41.3 Å². The summed E-state index contributed by atoms with van der Waals surface area (Å²) in [6.07, 6.45) is -9.09. The van der Waals surface area contributed by atoms with E-state index in [2.05, 4.69) is 0 Å². The number of phenols is 2. The molecule has 2 N–H and O–H groups in total. The summed E-state index contributed by atoms with van der Waals surface area (Å²) < 4.78 is 83.2. The Morgan fingerprint density at radius 2 is 0.838 bits per heavy atom. The van der Waals surface area contributed by atoms with E-state index in [0.29, 0.717) is 0 Å². The van der Waals surface area contributed by atoms with Crippen LogP contribution in [0.25, 0.3) is 22.3 Å². The van der Waals surface area contributed by atoms with Crippen LogP contribution in [0.1, 0.15) is 11.1 Å². The normalized spacial score (nSPS) is 12.0. The molecule has 0 spiro atoms. The lowest BCUT2D eigenvalue weighted by Crippen LogP contribution is -2.04. The molecule has 0 saturated carbocycles. The molecule has 0 aromatic heterocycles. The molecule has 37 heavy (non-hydrogen) atoms. The van der Waals surface area contributed by atoms with E-state index in [1.54, 1.807) is 0 Å². The van der Waals surface area contributed by atoms with E-state index in [4.69, 9.17) is 27.9 Å². The fourth-order valence-corrected chi connectivity index (χ4v) is 4.19. The van der Waals surface area contributed by atoms with Gasteiger partial charge in [-0.05, 0) is 59.7 Å². The Bertz CT molecular complexity index is 1340. The summed E-state index contributed by atoms with van der Waals surface area (Å²) in [6.45, 7) is 0. The lowest BCUT2D eigenvalue weighted by Gasteiger charge is -2.16. The molecule has 0 heterocycles. The molecule has 0 radical (unpaired) electrons. The van der Waals surface area contributed by atoms with Crippen molar-refractivity contribution in [2.45, 2.75) is 12.4 Å². The summed E-state index contributed by atoms with van der Waals surface area (Å²) in [4.78, 5) is 0. The summed E-state index contributed by atoms with van der Waals surface area (Å²) in [5.41, 5.74) is -1.39. The van der Waals surface area contributed by atoms with Crippen molar-refractivity contribution in [1.29, 1.82) is 0 Å². The minimum atomic E-state index is -4.55. The highest BCUT2D eigenvalue weighted by Gasteiger charge is 2.31. The molecule has 11 heteroatoms. The first-order valence-corrected chi connectivity index (χ1v) is 11.1. The first-order chi connectivity index (χ1) is 17.3. The highest BCUT2D eigenvalue weighted by molar-refractivity contribution is 6.36. The monoisotopic (exact) mass is 558 g/mol. The Morgan fingerprint density at radius 1 is 0.514 bits per heavy atom. The predicted molar refractivity (Wildman–Crippen MR) is 127 cm³/mol. The Morgan fingerprint density at radius 3 is 1.14 bits per heavy atom. The maximum absolute atomic E-state index is 12.9. The van der Waals surface area contributed by atoms with E-state index < -0.39 is 23.5 Å². The van der Waals surface area contributed by atoms with Crippen molar-refractivity contribution in [1.82, 2.24) is 0 Å². The van der Waals surface area contributed by atoms with Crippen molar-refractivity contribution in [2.75, 3.05) is 0 Å². The molecule has 0 fully saturated rings. The zero-order valence-corrected chi connectivity index (χ0v) is 19.8. The second-order valence-corrected chi connectivity index (χ2v) is 8.55. The third-order valence-corrected chi connectivity index (χ3v) is 6.14. The van der Waals surface area contributed by atoms with Crippen molar-refractivity contribution in [3.8, 4) is 45.3 Å². The fourth-order valence-electron chi connectivity index (χ4n) is 3.57. The number of phenolic OH excluding ortho intramolecular Hbond substituents is 2. The van der Waals surface area contributed by atoms with Crippen LogP contribution >= 0.6 is 23.2 Å². The topological polar surface area (TPSA) is 49.7 Å². The van der Waals surface area contributed by atoms with Crippen molar-refractivity contribution in [3.05, 3.63) is 94.0 Å². The van der Waals surface area contributed by atoms with E-state index in [0.717, 1.165) is 48.5 Å². The summed E-state index contributed by atoms with van der Waals surface area (Å²) >= 11 is 12.8. The summed E-state index contributed by atoms with van der Waals surface area (Å²) in [5, 5.41) is 20.4. The summed E-state index contributed by atoms with van der Waals surface area (Å²) in [6, 6.07) is 13.0. The van der Waals surface area contributed by atoms with Gasteiger partial charge in [0.05, 0.1) is 21.2 Å². The molecule has 4 aromatic carbocycles. The SMILES string of the molecule is Oc1ccc(Oc2ccc(O)c(-c3ccc(C(F)(F)F)cc3)c2Cl)c(Cl)c1-c1ccc(C(F)(F)F)cc1. The quantitative estimate of drug-likeness (QED) is 0.245. The zero-order valence-electron chi connectivity index (χ0n) is 18.3. The lowest BCUT2D eigenvalue weighted by molar-refractivity contribution is -0.138. The van der Waals surface area contributed by atoms with Gasteiger partial charge in [0, 0.05) is 11.1 Å².